The molecular weight excluding hydrogens is 252 g/mol. The molecule has 0 radical (unpaired) electrons. The molecule has 20 heavy (non-hydrogen) atoms. The van der Waals surface area contributed by atoms with E-state index in [0.29, 0.717) is 18.4 Å². The number of hydrogen-bond acceptors (Lipinski definition) is 4. The van der Waals surface area contributed by atoms with Gasteiger partial charge in [0, 0.05) is 45.2 Å². The molecule has 0 aromatic heterocycles. The maximum atomic E-state index is 12.6. The van der Waals surface area contributed by atoms with Crippen molar-refractivity contribution in [1.29, 1.82) is 0 Å². The predicted molar refractivity (Wildman–Crippen MR) is 81.5 cm³/mol. The van der Waals surface area contributed by atoms with E-state index in [1.165, 1.54) is 6.42 Å². The Kier molecular flexibility index (Phi) is 5.81. The smallest absolute Gasteiger partial charge is 0.226 e. The van der Waals surface area contributed by atoms with Gasteiger partial charge >= 0.3 is 0 Å². The maximum Gasteiger partial charge on any atom is 0.226 e. The minimum absolute atomic E-state index is 0.202. The minimum Gasteiger partial charge on any atom is -0.340 e. The number of rotatable bonds is 5. The highest BCUT2D eigenvalue weighted by molar-refractivity contribution is 5.79. The molecule has 1 saturated heterocycles. The van der Waals surface area contributed by atoms with Crippen molar-refractivity contribution >= 4 is 5.91 Å². The Morgan fingerprint density at radius 1 is 1.20 bits per heavy atom. The highest BCUT2D eigenvalue weighted by atomic mass is 16.2. The van der Waals surface area contributed by atoms with Gasteiger partial charge in [-0.25, -0.2) is 0 Å². The van der Waals surface area contributed by atoms with Gasteiger partial charge in [-0.3, -0.25) is 9.69 Å². The summed E-state index contributed by atoms with van der Waals surface area (Å²) in [6, 6.07) is 0. The van der Waals surface area contributed by atoms with Crippen molar-refractivity contribution in [2.75, 3.05) is 59.9 Å². The van der Waals surface area contributed by atoms with Crippen molar-refractivity contribution in [3.8, 4) is 0 Å². The van der Waals surface area contributed by atoms with Crippen LogP contribution in [0.15, 0.2) is 0 Å². The molecule has 2 rings (SSSR count). The Morgan fingerprint density at radius 2 is 1.90 bits per heavy atom. The predicted octanol–water partition coefficient (Wildman–Crippen LogP) is 0.0672. The van der Waals surface area contributed by atoms with Crippen molar-refractivity contribution in [2.45, 2.75) is 19.3 Å². The number of nitrogens with zero attached hydrogens (tertiary/aromatic N) is 3. The molecule has 2 atom stereocenters. The van der Waals surface area contributed by atoms with E-state index >= 15 is 0 Å². The van der Waals surface area contributed by atoms with E-state index in [0.717, 1.165) is 52.1 Å². The monoisotopic (exact) mass is 282 g/mol. The van der Waals surface area contributed by atoms with Gasteiger partial charge in [0.2, 0.25) is 5.91 Å². The molecule has 1 amide bonds. The molecule has 2 aliphatic rings. The lowest BCUT2D eigenvalue weighted by Crippen LogP contribution is -2.52. The Bertz CT molecular complexity index is 313. The third kappa shape index (κ3) is 3.93. The molecule has 1 saturated carbocycles. The second-order valence-corrected chi connectivity index (χ2v) is 6.50. The number of hydrogen-bond donors (Lipinski definition) is 1. The zero-order valence-electron chi connectivity index (χ0n) is 13.1. The molecule has 1 aliphatic heterocycles. The van der Waals surface area contributed by atoms with Gasteiger partial charge in [0.15, 0.2) is 0 Å². The van der Waals surface area contributed by atoms with Gasteiger partial charge in [0.25, 0.3) is 0 Å². The molecule has 0 aromatic carbocycles. The molecule has 2 fully saturated rings. The van der Waals surface area contributed by atoms with E-state index in [9.17, 15) is 4.79 Å². The summed E-state index contributed by atoms with van der Waals surface area (Å²) >= 11 is 0. The largest absolute Gasteiger partial charge is 0.340 e. The number of amides is 1. The Hall–Kier alpha value is -0.650. The topological polar surface area (TPSA) is 52.8 Å². The molecule has 0 bridgehead atoms. The average Bonchev–Trinajstić information content (AvgIpc) is 2.93. The third-order valence-electron chi connectivity index (χ3n) is 4.83. The van der Waals surface area contributed by atoms with E-state index in [4.69, 9.17) is 5.73 Å². The lowest BCUT2D eigenvalue weighted by atomic mass is 9.94. The van der Waals surface area contributed by atoms with Gasteiger partial charge in [-0.2, -0.15) is 0 Å². The zero-order chi connectivity index (χ0) is 14.5. The van der Waals surface area contributed by atoms with Crippen LogP contribution in [0.5, 0.6) is 0 Å². The van der Waals surface area contributed by atoms with E-state index in [1.54, 1.807) is 0 Å². The summed E-state index contributed by atoms with van der Waals surface area (Å²) in [5, 5.41) is 0. The lowest BCUT2D eigenvalue weighted by Gasteiger charge is -2.37. The van der Waals surface area contributed by atoms with Gasteiger partial charge in [0.1, 0.15) is 0 Å². The van der Waals surface area contributed by atoms with Crippen molar-refractivity contribution in [3.05, 3.63) is 0 Å². The van der Waals surface area contributed by atoms with Crippen LogP contribution in [-0.2, 0) is 4.79 Å². The van der Waals surface area contributed by atoms with Crippen molar-refractivity contribution < 1.29 is 4.79 Å². The third-order valence-corrected chi connectivity index (χ3v) is 4.83. The first-order chi connectivity index (χ1) is 9.61. The second kappa shape index (κ2) is 7.38. The first kappa shape index (κ1) is 15.7. The first-order valence-corrected chi connectivity index (χ1v) is 7.97. The van der Waals surface area contributed by atoms with Gasteiger partial charge in [-0.05, 0) is 39.4 Å². The van der Waals surface area contributed by atoms with E-state index < -0.39 is 0 Å². The van der Waals surface area contributed by atoms with Crippen molar-refractivity contribution in [2.24, 2.45) is 17.6 Å². The minimum atomic E-state index is 0.202. The fourth-order valence-corrected chi connectivity index (χ4v) is 3.41. The summed E-state index contributed by atoms with van der Waals surface area (Å²) < 4.78 is 0. The Labute approximate surface area is 123 Å². The Morgan fingerprint density at radius 3 is 2.50 bits per heavy atom. The van der Waals surface area contributed by atoms with Crippen LogP contribution in [0.1, 0.15) is 19.3 Å². The first-order valence-electron chi connectivity index (χ1n) is 7.97. The number of piperazine rings is 1. The molecule has 5 heteroatoms. The highest BCUT2D eigenvalue weighted by Gasteiger charge is 2.35. The van der Waals surface area contributed by atoms with Crippen LogP contribution in [0.2, 0.25) is 0 Å². The average molecular weight is 282 g/mol. The molecule has 0 spiro atoms. The van der Waals surface area contributed by atoms with Crippen molar-refractivity contribution in [1.82, 2.24) is 14.7 Å². The number of nitrogens with two attached hydrogens (primary N) is 1. The summed E-state index contributed by atoms with van der Waals surface area (Å²) in [6.07, 6.45) is 3.35. The molecule has 1 aliphatic carbocycles. The van der Waals surface area contributed by atoms with Gasteiger partial charge in [-0.15, -0.1) is 0 Å². The molecule has 5 nitrogen and oxygen atoms in total. The van der Waals surface area contributed by atoms with Crippen LogP contribution < -0.4 is 5.73 Å². The molecule has 0 aromatic rings. The van der Waals surface area contributed by atoms with Crippen LogP contribution in [-0.4, -0.2) is 80.5 Å². The van der Waals surface area contributed by atoms with E-state index in [1.807, 2.05) is 0 Å². The number of carbonyl (C=O) groups is 1. The summed E-state index contributed by atoms with van der Waals surface area (Å²) in [5.41, 5.74) is 5.80. The van der Waals surface area contributed by atoms with Gasteiger partial charge < -0.3 is 15.5 Å². The van der Waals surface area contributed by atoms with Gasteiger partial charge in [-0.1, -0.05) is 6.42 Å². The number of likely N-dealkylation sites (N-methyl/N-ethyl adjacent to an activating group) is 1. The standard InChI is InChI=1S/C15H30N4O/c1-17(2)6-7-18-8-10-19(11-9-18)15(20)14-5-3-4-13(14)12-16/h13-14H,3-12,16H2,1-2H3. The maximum absolute atomic E-state index is 12.6. The summed E-state index contributed by atoms with van der Waals surface area (Å²) in [6.45, 7) is 6.66. The molecule has 1 heterocycles. The molecule has 2 unspecified atom stereocenters. The van der Waals surface area contributed by atoms with Crippen LogP contribution in [0.3, 0.4) is 0 Å². The highest BCUT2D eigenvalue weighted by Crippen LogP contribution is 2.32. The van der Waals surface area contributed by atoms with E-state index in [2.05, 4.69) is 28.8 Å². The molecule has 116 valence electrons. The lowest BCUT2D eigenvalue weighted by molar-refractivity contribution is -0.138. The van der Waals surface area contributed by atoms with Crippen LogP contribution in [0.25, 0.3) is 0 Å². The van der Waals surface area contributed by atoms with Gasteiger partial charge in [0.05, 0.1) is 0 Å². The SMILES string of the molecule is CN(C)CCN1CCN(C(=O)C2CCCC2CN)CC1. The fraction of sp³-hybridized carbons (Fsp3) is 0.933. The summed E-state index contributed by atoms with van der Waals surface area (Å²) in [7, 11) is 4.21. The quantitative estimate of drug-likeness (QED) is 0.775. The number of carbonyl (C=O) groups excluding carboxylic acids is 1. The van der Waals surface area contributed by atoms with E-state index in [-0.39, 0.29) is 5.92 Å². The normalized spacial score (nSPS) is 28.3. The van der Waals surface area contributed by atoms with Crippen LogP contribution >= 0.6 is 0 Å². The summed E-state index contributed by atoms with van der Waals surface area (Å²) in [4.78, 5) is 19.3. The Balaban J connectivity index is 1.77. The fourth-order valence-electron chi connectivity index (χ4n) is 3.41. The second-order valence-electron chi connectivity index (χ2n) is 6.50. The van der Waals surface area contributed by atoms with Crippen molar-refractivity contribution in [3.63, 3.8) is 0 Å². The molecular formula is C15H30N4O. The zero-order valence-corrected chi connectivity index (χ0v) is 13.1. The van der Waals surface area contributed by atoms with Crippen LogP contribution in [0.4, 0.5) is 0 Å². The molecule has 2 N–H and O–H groups in total. The van der Waals surface area contributed by atoms with Crippen LogP contribution in [0, 0.1) is 11.8 Å². The summed E-state index contributed by atoms with van der Waals surface area (Å²) in [5.74, 6) is 0.993.